The van der Waals surface area contributed by atoms with Crippen LogP contribution in [0.1, 0.15) is 36.8 Å². The van der Waals surface area contributed by atoms with E-state index < -0.39 is 10.8 Å². The Morgan fingerprint density at radius 3 is 2.46 bits per heavy atom. The zero-order chi connectivity index (χ0) is 18.1. The SMILES string of the molecule is COc1ccc(C(C)(C)C)cc1NC(=O)c1cc([N+](=O)[O-])cn1C. The normalized spacial score (nSPS) is 11.2. The molecule has 0 saturated carbocycles. The predicted octanol–water partition coefficient (Wildman–Crippen LogP) is 3.49. The standard InChI is InChI=1S/C17H21N3O4/c1-17(2,3)11-6-7-15(24-5)13(8-11)18-16(21)14-9-12(20(22)23)10-19(14)4/h6-10H,1-5H3,(H,18,21). The Kier molecular flexibility index (Phi) is 4.64. The van der Waals surface area contributed by atoms with Crippen LogP contribution in [0.4, 0.5) is 11.4 Å². The van der Waals surface area contributed by atoms with Crippen molar-refractivity contribution in [3.8, 4) is 5.75 Å². The Morgan fingerprint density at radius 2 is 1.96 bits per heavy atom. The molecule has 1 aromatic heterocycles. The summed E-state index contributed by atoms with van der Waals surface area (Å²) in [6.45, 7) is 6.21. The van der Waals surface area contributed by atoms with E-state index in [1.165, 1.54) is 23.9 Å². The largest absolute Gasteiger partial charge is 0.495 e. The zero-order valence-corrected chi connectivity index (χ0v) is 14.4. The quantitative estimate of drug-likeness (QED) is 0.686. The van der Waals surface area contributed by atoms with Gasteiger partial charge in [0.05, 0.1) is 23.9 Å². The van der Waals surface area contributed by atoms with Gasteiger partial charge < -0.3 is 14.6 Å². The Labute approximate surface area is 140 Å². The molecule has 0 atom stereocenters. The number of carbonyl (C=O) groups excluding carboxylic acids is 1. The fourth-order valence-corrected chi connectivity index (χ4v) is 2.33. The van der Waals surface area contributed by atoms with Gasteiger partial charge in [-0.15, -0.1) is 0 Å². The van der Waals surface area contributed by atoms with Crippen LogP contribution in [0.15, 0.2) is 30.5 Å². The van der Waals surface area contributed by atoms with Gasteiger partial charge in [-0.2, -0.15) is 0 Å². The molecule has 128 valence electrons. The molecule has 0 aliphatic heterocycles. The third-order valence-electron chi connectivity index (χ3n) is 3.75. The first-order chi connectivity index (χ1) is 11.1. The number of benzene rings is 1. The minimum Gasteiger partial charge on any atom is -0.495 e. The molecule has 0 unspecified atom stereocenters. The van der Waals surface area contributed by atoms with Gasteiger partial charge in [-0.05, 0) is 23.1 Å². The van der Waals surface area contributed by atoms with E-state index in [2.05, 4.69) is 26.1 Å². The lowest BCUT2D eigenvalue weighted by atomic mass is 9.87. The first kappa shape index (κ1) is 17.5. The fraction of sp³-hybridized carbons (Fsp3) is 0.353. The smallest absolute Gasteiger partial charge is 0.287 e. The number of anilines is 1. The Hall–Kier alpha value is -2.83. The number of hydrogen-bond donors (Lipinski definition) is 1. The molecule has 0 aliphatic rings. The highest BCUT2D eigenvalue weighted by molar-refractivity contribution is 6.04. The molecule has 1 aromatic carbocycles. The monoisotopic (exact) mass is 331 g/mol. The first-order valence-electron chi connectivity index (χ1n) is 7.44. The van der Waals surface area contributed by atoms with E-state index in [0.717, 1.165) is 5.56 Å². The highest BCUT2D eigenvalue weighted by atomic mass is 16.6. The van der Waals surface area contributed by atoms with E-state index in [4.69, 9.17) is 4.74 Å². The van der Waals surface area contributed by atoms with Crippen molar-refractivity contribution in [2.45, 2.75) is 26.2 Å². The fourth-order valence-electron chi connectivity index (χ4n) is 2.33. The van der Waals surface area contributed by atoms with E-state index in [1.807, 2.05) is 12.1 Å². The third-order valence-corrected chi connectivity index (χ3v) is 3.75. The van der Waals surface area contributed by atoms with Crippen molar-refractivity contribution in [3.05, 3.63) is 51.8 Å². The van der Waals surface area contributed by atoms with Gasteiger partial charge in [0, 0.05) is 13.1 Å². The summed E-state index contributed by atoms with van der Waals surface area (Å²) in [6.07, 6.45) is 1.30. The lowest BCUT2D eigenvalue weighted by molar-refractivity contribution is -0.384. The summed E-state index contributed by atoms with van der Waals surface area (Å²) in [5.41, 5.74) is 1.55. The molecule has 0 bridgehead atoms. The number of nitrogens with one attached hydrogen (secondary N) is 1. The third kappa shape index (κ3) is 3.56. The summed E-state index contributed by atoms with van der Waals surface area (Å²) in [5, 5.41) is 13.6. The molecule has 0 saturated heterocycles. The summed E-state index contributed by atoms with van der Waals surface area (Å²) in [4.78, 5) is 22.8. The van der Waals surface area contributed by atoms with Crippen molar-refractivity contribution in [2.24, 2.45) is 7.05 Å². The van der Waals surface area contributed by atoms with Crippen molar-refractivity contribution >= 4 is 17.3 Å². The minimum atomic E-state index is -0.530. The van der Waals surface area contributed by atoms with Crippen LogP contribution in [-0.2, 0) is 12.5 Å². The molecule has 0 radical (unpaired) electrons. The van der Waals surface area contributed by atoms with E-state index >= 15 is 0 Å². The summed E-state index contributed by atoms with van der Waals surface area (Å²) in [6, 6.07) is 6.84. The van der Waals surface area contributed by atoms with Gasteiger partial charge in [-0.25, -0.2) is 0 Å². The number of nitrogens with zero attached hydrogens (tertiary/aromatic N) is 2. The van der Waals surface area contributed by atoms with E-state index in [1.54, 1.807) is 13.1 Å². The van der Waals surface area contributed by atoms with Crippen LogP contribution in [-0.4, -0.2) is 22.5 Å². The Bertz CT molecular complexity index is 788. The second kappa shape index (κ2) is 6.35. The molecule has 0 aliphatic carbocycles. The van der Waals surface area contributed by atoms with Gasteiger partial charge in [-0.1, -0.05) is 26.8 Å². The van der Waals surface area contributed by atoms with E-state index in [-0.39, 0.29) is 16.8 Å². The van der Waals surface area contributed by atoms with Crippen molar-refractivity contribution in [2.75, 3.05) is 12.4 Å². The van der Waals surface area contributed by atoms with Gasteiger partial charge in [0.15, 0.2) is 0 Å². The van der Waals surface area contributed by atoms with E-state index in [9.17, 15) is 14.9 Å². The summed E-state index contributed by atoms with van der Waals surface area (Å²) in [7, 11) is 3.11. The molecule has 7 heteroatoms. The number of amides is 1. The highest BCUT2D eigenvalue weighted by Gasteiger charge is 2.20. The summed E-state index contributed by atoms with van der Waals surface area (Å²) in [5.74, 6) is 0.0926. The van der Waals surface area contributed by atoms with Gasteiger partial charge in [0.1, 0.15) is 11.4 Å². The molecule has 1 N–H and O–H groups in total. The Balaban J connectivity index is 2.36. The number of ether oxygens (including phenoxy) is 1. The van der Waals surface area contributed by atoms with Crippen LogP contribution in [0.2, 0.25) is 0 Å². The van der Waals surface area contributed by atoms with Crippen LogP contribution in [0.25, 0.3) is 0 Å². The number of aryl methyl sites for hydroxylation is 1. The van der Waals surface area contributed by atoms with Crippen molar-refractivity contribution in [3.63, 3.8) is 0 Å². The van der Waals surface area contributed by atoms with Crippen LogP contribution < -0.4 is 10.1 Å². The molecule has 1 amide bonds. The number of hydrogen-bond acceptors (Lipinski definition) is 4. The molecule has 7 nitrogen and oxygen atoms in total. The second-order valence-corrected chi connectivity index (χ2v) is 6.57. The maximum atomic E-state index is 12.5. The van der Waals surface area contributed by atoms with Crippen LogP contribution in [0.3, 0.4) is 0 Å². The van der Waals surface area contributed by atoms with Crippen LogP contribution >= 0.6 is 0 Å². The topological polar surface area (TPSA) is 86.4 Å². The number of aromatic nitrogens is 1. The molecule has 0 spiro atoms. The minimum absolute atomic E-state index is 0.0878. The van der Waals surface area contributed by atoms with Crippen LogP contribution in [0.5, 0.6) is 5.75 Å². The molecule has 2 aromatic rings. The van der Waals surface area contributed by atoms with Crippen molar-refractivity contribution in [1.29, 1.82) is 0 Å². The van der Waals surface area contributed by atoms with Gasteiger partial charge >= 0.3 is 0 Å². The van der Waals surface area contributed by atoms with Gasteiger partial charge in [0.2, 0.25) is 0 Å². The number of nitro groups is 1. The van der Waals surface area contributed by atoms with Gasteiger partial charge in [-0.3, -0.25) is 14.9 Å². The molecule has 0 fully saturated rings. The summed E-state index contributed by atoms with van der Waals surface area (Å²) >= 11 is 0. The molecule has 24 heavy (non-hydrogen) atoms. The molecular weight excluding hydrogens is 310 g/mol. The molecule has 1 heterocycles. The van der Waals surface area contributed by atoms with Crippen molar-refractivity contribution in [1.82, 2.24) is 4.57 Å². The maximum absolute atomic E-state index is 12.5. The van der Waals surface area contributed by atoms with Crippen molar-refractivity contribution < 1.29 is 14.5 Å². The lowest BCUT2D eigenvalue weighted by Gasteiger charge is -2.21. The van der Waals surface area contributed by atoms with Gasteiger partial charge in [0.25, 0.3) is 11.6 Å². The van der Waals surface area contributed by atoms with Crippen LogP contribution in [0, 0.1) is 10.1 Å². The maximum Gasteiger partial charge on any atom is 0.287 e. The average Bonchev–Trinajstić information content (AvgIpc) is 2.88. The number of methoxy groups -OCH3 is 1. The average molecular weight is 331 g/mol. The second-order valence-electron chi connectivity index (χ2n) is 6.57. The number of rotatable bonds is 4. The molecule has 2 rings (SSSR count). The lowest BCUT2D eigenvalue weighted by Crippen LogP contribution is -2.17. The first-order valence-corrected chi connectivity index (χ1v) is 7.44. The predicted molar refractivity (Wildman–Crippen MR) is 91.7 cm³/mol. The Morgan fingerprint density at radius 1 is 1.29 bits per heavy atom. The highest BCUT2D eigenvalue weighted by Crippen LogP contribution is 2.31. The number of carbonyl (C=O) groups is 1. The summed E-state index contributed by atoms with van der Waals surface area (Å²) < 4.78 is 6.72. The zero-order valence-electron chi connectivity index (χ0n) is 14.4. The molecular formula is C17H21N3O4. The van der Waals surface area contributed by atoms with E-state index in [0.29, 0.717) is 11.4 Å².